The quantitative estimate of drug-likeness (QED) is 0.122. The molecule has 5 aromatic rings. The van der Waals surface area contributed by atoms with Crippen molar-refractivity contribution in [2.24, 2.45) is 5.10 Å². The van der Waals surface area contributed by atoms with Gasteiger partial charge >= 0.3 is 0 Å². The minimum Gasteiger partial charge on any atom is -0.455 e. The Hall–Kier alpha value is -4.80. The average molecular weight is 544 g/mol. The van der Waals surface area contributed by atoms with Crippen molar-refractivity contribution in [1.29, 1.82) is 0 Å². The van der Waals surface area contributed by atoms with E-state index in [0.717, 1.165) is 22.1 Å². The van der Waals surface area contributed by atoms with Crippen molar-refractivity contribution in [2.45, 2.75) is 0 Å². The summed E-state index contributed by atoms with van der Waals surface area (Å²) in [4.78, 5) is 27.4. The van der Waals surface area contributed by atoms with Crippen LogP contribution in [0.5, 0.6) is 0 Å². The molecule has 188 valence electrons. The first-order valence-corrected chi connectivity index (χ1v) is 12.5. The molecule has 0 radical (unpaired) electrons. The van der Waals surface area contributed by atoms with Crippen LogP contribution in [0.2, 0.25) is 5.02 Å². The number of nitrogens with zero attached hydrogens (tertiary/aromatic N) is 3. The molecule has 0 aliphatic heterocycles. The lowest BCUT2D eigenvalue weighted by Gasteiger charge is -2.03. The second kappa shape index (κ2) is 11.1. The zero-order valence-electron chi connectivity index (χ0n) is 19.5. The number of rotatable bonds is 8. The summed E-state index contributed by atoms with van der Waals surface area (Å²) in [5.74, 6) is 0.565. The summed E-state index contributed by atoms with van der Waals surface area (Å²) in [6.45, 7) is 0. The summed E-state index contributed by atoms with van der Waals surface area (Å²) in [6.07, 6.45) is 1.38. The van der Waals surface area contributed by atoms with Crippen molar-refractivity contribution < 1.29 is 14.1 Å². The van der Waals surface area contributed by atoms with Gasteiger partial charge in [0, 0.05) is 44.9 Å². The van der Waals surface area contributed by atoms with E-state index in [1.165, 1.54) is 29.7 Å². The van der Waals surface area contributed by atoms with Crippen LogP contribution < -0.4 is 10.7 Å². The topological polar surface area (TPSA) is 123 Å². The van der Waals surface area contributed by atoms with Gasteiger partial charge in [0.25, 0.3) is 11.6 Å². The highest BCUT2D eigenvalue weighted by atomic mass is 35.5. The first-order valence-electron chi connectivity index (χ1n) is 11.2. The lowest BCUT2D eigenvalue weighted by molar-refractivity contribution is -0.384. The molecule has 0 unspecified atom stereocenters. The first kappa shape index (κ1) is 24.9. The molecule has 0 saturated carbocycles. The Morgan fingerprint density at radius 2 is 1.68 bits per heavy atom. The third-order valence-corrected chi connectivity index (χ3v) is 6.40. The van der Waals surface area contributed by atoms with Gasteiger partial charge < -0.3 is 9.73 Å². The van der Waals surface area contributed by atoms with E-state index in [0.29, 0.717) is 27.7 Å². The minimum atomic E-state index is -0.461. The van der Waals surface area contributed by atoms with Gasteiger partial charge in [0.1, 0.15) is 11.5 Å². The van der Waals surface area contributed by atoms with Crippen molar-refractivity contribution >= 4 is 51.6 Å². The van der Waals surface area contributed by atoms with Gasteiger partial charge in [0.05, 0.1) is 16.8 Å². The summed E-state index contributed by atoms with van der Waals surface area (Å²) in [5, 5.41) is 21.3. The number of hydrogen-bond donors (Lipinski definition) is 2. The lowest BCUT2D eigenvalue weighted by Crippen LogP contribution is -2.17. The van der Waals surface area contributed by atoms with E-state index in [4.69, 9.17) is 16.0 Å². The second-order valence-electron chi connectivity index (χ2n) is 7.95. The van der Waals surface area contributed by atoms with Crippen LogP contribution in [0.4, 0.5) is 16.5 Å². The summed E-state index contributed by atoms with van der Waals surface area (Å²) in [5.41, 5.74) is 6.15. The third kappa shape index (κ3) is 5.94. The molecule has 0 aliphatic rings. The monoisotopic (exact) mass is 543 g/mol. The number of nitro groups is 1. The Balaban J connectivity index is 1.17. The molecule has 0 spiro atoms. The SMILES string of the molecule is O=C(N/N=C\c1ccc(-c2ccc([N+](=O)[O-])cc2)o1)c1ccc(-c2csc(Nc3ccc(Cl)cc3)n2)cc1. The van der Waals surface area contributed by atoms with Crippen molar-refractivity contribution in [3.8, 4) is 22.6 Å². The molecule has 11 heteroatoms. The molecule has 0 atom stereocenters. The van der Waals surface area contributed by atoms with E-state index in [1.54, 1.807) is 48.5 Å². The van der Waals surface area contributed by atoms with Crippen molar-refractivity contribution in [1.82, 2.24) is 10.4 Å². The van der Waals surface area contributed by atoms with E-state index < -0.39 is 4.92 Å². The van der Waals surface area contributed by atoms with E-state index >= 15 is 0 Å². The van der Waals surface area contributed by atoms with Gasteiger partial charge in [0.15, 0.2) is 5.13 Å². The molecule has 5 rings (SSSR count). The second-order valence-corrected chi connectivity index (χ2v) is 9.25. The number of nitro benzene ring substituents is 1. The van der Waals surface area contributed by atoms with E-state index in [-0.39, 0.29) is 11.6 Å². The van der Waals surface area contributed by atoms with Gasteiger partial charge in [-0.2, -0.15) is 5.10 Å². The number of furan rings is 1. The first-order chi connectivity index (χ1) is 18.4. The van der Waals surface area contributed by atoms with E-state index in [2.05, 4.69) is 20.8 Å². The molecule has 38 heavy (non-hydrogen) atoms. The predicted octanol–water partition coefficient (Wildman–Crippen LogP) is 7.14. The Labute approximate surface area is 225 Å². The minimum absolute atomic E-state index is 0.000311. The van der Waals surface area contributed by atoms with Gasteiger partial charge in [-0.15, -0.1) is 11.3 Å². The molecular weight excluding hydrogens is 526 g/mol. The zero-order valence-corrected chi connectivity index (χ0v) is 21.1. The van der Waals surface area contributed by atoms with E-state index in [9.17, 15) is 14.9 Å². The third-order valence-electron chi connectivity index (χ3n) is 5.39. The van der Waals surface area contributed by atoms with Crippen LogP contribution in [-0.2, 0) is 0 Å². The number of benzene rings is 3. The number of hydrogen-bond acceptors (Lipinski definition) is 8. The maximum atomic E-state index is 12.5. The largest absolute Gasteiger partial charge is 0.455 e. The maximum absolute atomic E-state index is 12.5. The highest BCUT2D eigenvalue weighted by molar-refractivity contribution is 7.14. The molecule has 2 N–H and O–H groups in total. The molecule has 0 saturated heterocycles. The number of non-ortho nitro benzene ring substituents is 1. The fourth-order valence-corrected chi connectivity index (χ4v) is 4.32. The fourth-order valence-electron chi connectivity index (χ4n) is 3.46. The summed E-state index contributed by atoms with van der Waals surface area (Å²) in [6, 6.07) is 23.8. The fraction of sp³-hybridized carbons (Fsp3) is 0. The number of thiazole rings is 1. The van der Waals surface area contributed by atoms with Crippen molar-refractivity contribution in [3.05, 3.63) is 117 Å². The Morgan fingerprint density at radius 1 is 0.974 bits per heavy atom. The zero-order chi connectivity index (χ0) is 26.5. The van der Waals surface area contributed by atoms with Gasteiger partial charge in [-0.3, -0.25) is 14.9 Å². The Kier molecular flexibility index (Phi) is 7.25. The number of amides is 1. The van der Waals surface area contributed by atoms with E-state index in [1.807, 2.05) is 29.6 Å². The average Bonchev–Trinajstić information content (AvgIpc) is 3.60. The van der Waals surface area contributed by atoms with Gasteiger partial charge in [-0.05, 0) is 60.7 Å². The summed E-state index contributed by atoms with van der Waals surface area (Å²) < 4.78 is 5.68. The van der Waals surface area contributed by atoms with Gasteiger partial charge in [0.2, 0.25) is 0 Å². The number of aromatic nitrogens is 1. The maximum Gasteiger partial charge on any atom is 0.271 e. The molecule has 2 heterocycles. The summed E-state index contributed by atoms with van der Waals surface area (Å²) >= 11 is 7.40. The molecular formula is C27H18ClN5O4S. The Bertz CT molecular complexity index is 1610. The number of carbonyl (C=O) groups excluding carboxylic acids is 1. The molecule has 0 bridgehead atoms. The molecule has 0 fully saturated rings. The van der Waals surface area contributed by atoms with Crippen LogP contribution in [0.15, 0.2) is 99.8 Å². The van der Waals surface area contributed by atoms with Crippen LogP contribution >= 0.6 is 22.9 Å². The molecule has 2 aromatic heterocycles. The smallest absolute Gasteiger partial charge is 0.271 e. The van der Waals surface area contributed by atoms with Crippen molar-refractivity contribution in [3.63, 3.8) is 0 Å². The van der Waals surface area contributed by atoms with Crippen LogP contribution in [0.25, 0.3) is 22.6 Å². The van der Waals surface area contributed by atoms with Crippen LogP contribution in [0.3, 0.4) is 0 Å². The lowest BCUT2D eigenvalue weighted by atomic mass is 10.1. The van der Waals surface area contributed by atoms with Crippen LogP contribution in [0, 0.1) is 10.1 Å². The highest BCUT2D eigenvalue weighted by Crippen LogP contribution is 2.28. The molecule has 0 aliphatic carbocycles. The normalized spacial score (nSPS) is 11.0. The van der Waals surface area contributed by atoms with Gasteiger partial charge in [-0.1, -0.05) is 23.7 Å². The Morgan fingerprint density at radius 3 is 2.39 bits per heavy atom. The van der Waals surface area contributed by atoms with Crippen LogP contribution in [-0.4, -0.2) is 22.0 Å². The van der Waals surface area contributed by atoms with Gasteiger partial charge in [-0.25, -0.2) is 10.4 Å². The molecule has 9 nitrogen and oxygen atoms in total. The number of carbonyl (C=O) groups is 1. The number of hydrazone groups is 1. The summed E-state index contributed by atoms with van der Waals surface area (Å²) in [7, 11) is 0. The number of halogens is 1. The highest BCUT2D eigenvalue weighted by Gasteiger charge is 2.10. The molecule has 1 amide bonds. The number of nitrogens with one attached hydrogen (secondary N) is 2. The molecule has 3 aromatic carbocycles. The standard InChI is InChI=1S/C27H18ClN5O4S/c28-20-7-9-21(10-8-20)30-27-31-24(16-38-27)17-1-3-19(4-2-17)26(34)32-29-15-23-13-14-25(37-23)18-5-11-22(12-6-18)33(35)36/h1-16H,(H,30,31)(H,32,34)/b29-15-. The van der Waals surface area contributed by atoms with Crippen LogP contribution in [0.1, 0.15) is 16.1 Å². The van der Waals surface area contributed by atoms with Crippen molar-refractivity contribution in [2.75, 3.05) is 5.32 Å². The number of anilines is 2. The predicted molar refractivity (Wildman–Crippen MR) is 148 cm³/mol.